The van der Waals surface area contributed by atoms with E-state index in [1.54, 1.807) is 0 Å². The molecule has 2 nitrogen and oxygen atoms in total. The maximum Gasteiger partial charge on any atom is 0.119 e. The molecule has 0 spiro atoms. The van der Waals surface area contributed by atoms with Crippen molar-refractivity contribution in [3.8, 4) is 5.75 Å². The largest absolute Gasteiger partial charge is 0.494 e. The van der Waals surface area contributed by atoms with Crippen LogP contribution in [-0.4, -0.2) is 11.7 Å². The molecule has 1 N–H and O–H groups in total. The second-order valence-corrected chi connectivity index (χ2v) is 4.77. The Balaban J connectivity index is 2.90. The molecule has 0 saturated heterocycles. The van der Waals surface area contributed by atoms with Crippen LogP contribution in [0.4, 0.5) is 0 Å². The summed E-state index contributed by atoms with van der Waals surface area (Å²) in [6.07, 6.45) is -0.460. The number of benzene rings is 1. The lowest BCUT2D eigenvalue weighted by Gasteiger charge is -2.26. The lowest BCUT2D eigenvalue weighted by molar-refractivity contribution is 0.0624. The van der Waals surface area contributed by atoms with E-state index in [0.29, 0.717) is 6.61 Å². The van der Waals surface area contributed by atoms with Crippen LogP contribution in [0.3, 0.4) is 0 Å². The highest BCUT2D eigenvalue weighted by Crippen LogP contribution is 2.33. The normalized spacial score (nSPS) is 13.7. The number of ether oxygens (including phenoxy) is 1. The number of aliphatic hydroxyl groups is 1. The minimum absolute atomic E-state index is 0.148. The topological polar surface area (TPSA) is 29.5 Å². The average molecular weight is 208 g/mol. The fourth-order valence-electron chi connectivity index (χ4n) is 1.44. The summed E-state index contributed by atoms with van der Waals surface area (Å²) in [4.78, 5) is 0. The Bertz CT molecular complexity index is 313. The fourth-order valence-corrected chi connectivity index (χ4v) is 1.44. The summed E-state index contributed by atoms with van der Waals surface area (Å²) < 4.78 is 5.40. The van der Waals surface area contributed by atoms with Crippen LogP contribution in [0, 0.1) is 5.41 Å². The molecule has 1 atom stereocenters. The van der Waals surface area contributed by atoms with Crippen LogP contribution in [-0.2, 0) is 0 Å². The Morgan fingerprint density at radius 3 is 2.53 bits per heavy atom. The number of aliphatic hydroxyl groups excluding tert-OH is 1. The van der Waals surface area contributed by atoms with E-state index in [9.17, 15) is 5.11 Å². The number of hydrogen-bond acceptors (Lipinski definition) is 2. The second kappa shape index (κ2) is 4.67. The van der Waals surface area contributed by atoms with Crippen molar-refractivity contribution in [1.29, 1.82) is 0 Å². The van der Waals surface area contributed by atoms with Crippen molar-refractivity contribution in [3.63, 3.8) is 0 Å². The van der Waals surface area contributed by atoms with Crippen molar-refractivity contribution in [2.75, 3.05) is 6.61 Å². The lowest BCUT2D eigenvalue weighted by Crippen LogP contribution is -2.17. The molecule has 1 aromatic rings. The average Bonchev–Trinajstić information content (AvgIpc) is 2.16. The molecule has 1 rings (SSSR count). The highest BCUT2D eigenvalue weighted by atomic mass is 16.5. The minimum Gasteiger partial charge on any atom is -0.494 e. The zero-order chi connectivity index (χ0) is 11.5. The van der Waals surface area contributed by atoms with Gasteiger partial charge in [0.1, 0.15) is 5.75 Å². The van der Waals surface area contributed by atoms with E-state index in [1.165, 1.54) is 0 Å². The smallest absolute Gasteiger partial charge is 0.119 e. The van der Waals surface area contributed by atoms with E-state index < -0.39 is 6.10 Å². The lowest BCUT2D eigenvalue weighted by atomic mass is 9.85. The molecule has 0 amide bonds. The first kappa shape index (κ1) is 12.1. The van der Waals surface area contributed by atoms with Gasteiger partial charge in [-0.25, -0.2) is 0 Å². The van der Waals surface area contributed by atoms with E-state index in [1.807, 2.05) is 52.0 Å². The number of hydrogen-bond donors (Lipinski definition) is 1. The van der Waals surface area contributed by atoms with Crippen LogP contribution in [0.2, 0.25) is 0 Å². The van der Waals surface area contributed by atoms with Crippen molar-refractivity contribution in [2.45, 2.75) is 33.8 Å². The Labute approximate surface area is 91.9 Å². The Hall–Kier alpha value is -1.02. The summed E-state index contributed by atoms with van der Waals surface area (Å²) in [6, 6.07) is 7.65. The van der Waals surface area contributed by atoms with Crippen LogP contribution in [0.5, 0.6) is 5.75 Å². The van der Waals surface area contributed by atoms with Gasteiger partial charge in [-0.2, -0.15) is 0 Å². The first-order valence-electron chi connectivity index (χ1n) is 5.36. The van der Waals surface area contributed by atoms with Crippen LogP contribution >= 0.6 is 0 Å². The Morgan fingerprint density at radius 1 is 1.33 bits per heavy atom. The van der Waals surface area contributed by atoms with E-state index in [4.69, 9.17) is 4.74 Å². The third-order valence-corrected chi connectivity index (χ3v) is 2.31. The van der Waals surface area contributed by atoms with Gasteiger partial charge in [-0.15, -0.1) is 0 Å². The highest BCUT2D eigenvalue weighted by Gasteiger charge is 2.23. The summed E-state index contributed by atoms with van der Waals surface area (Å²) in [6.45, 7) is 8.66. The summed E-state index contributed by atoms with van der Waals surface area (Å²) in [5.74, 6) is 0.818. The molecule has 0 fully saturated rings. The van der Waals surface area contributed by atoms with Crippen LogP contribution in [0.1, 0.15) is 39.4 Å². The third kappa shape index (κ3) is 3.24. The van der Waals surface area contributed by atoms with E-state index in [0.717, 1.165) is 11.3 Å². The van der Waals surface area contributed by atoms with Gasteiger partial charge < -0.3 is 9.84 Å². The molecule has 1 aromatic carbocycles. The quantitative estimate of drug-likeness (QED) is 0.826. The summed E-state index contributed by atoms with van der Waals surface area (Å²) >= 11 is 0. The van der Waals surface area contributed by atoms with Crippen LogP contribution < -0.4 is 4.74 Å². The standard InChI is InChI=1S/C13H20O2/c1-5-15-11-8-6-7-10(9-11)12(14)13(2,3)4/h6-9,12,14H,5H2,1-4H3. The van der Waals surface area contributed by atoms with Crippen LogP contribution in [0.25, 0.3) is 0 Å². The molecule has 1 unspecified atom stereocenters. The molecule has 0 heterocycles. The molecule has 0 bridgehead atoms. The van der Waals surface area contributed by atoms with Gasteiger partial charge >= 0.3 is 0 Å². The van der Waals surface area contributed by atoms with Crippen molar-refractivity contribution < 1.29 is 9.84 Å². The molecule has 15 heavy (non-hydrogen) atoms. The van der Waals surface area contributed by atoms with Crippen LogP contribution in [0.15, 0.2) is 24.3 Å². The number of rotatable bonds is 3. The molecular weight excluding hydrogens is 188 g/mol. The van der Waals surface area contributed by atoms with Crippen molar-refractivity contribution in [3.05, 3.63) is 29.8 Å². The molecular formula is C13H20O2. The molecule has 0 saturated carbocycles. The Kier molecular flexibility index (Phi) is 3.75. The van der Waals surface area contributed by atoms with Crippen molar-refractivity contribution in [1.82, 2.24) is 0 Å². The second-order valence-electron chi connectivity index (χ2n) is 4.77. The molecule has 0 radical (unpaired) electrons. The molecule has 84 valence electrons. The zero-order valence-electron chi connectivity index (χ0n) is 9.95. The molecule has 2 heteroatoms. The summed E-state index contributed by atoms with van der Waals surface area (Å²) in [5.41, 5.74) is 0.763. The van der Waals surface area contributed by atoms with Gasteiger partial charge in [0, 0.05) is 0 Å². The van der Waals surface area contributed by atoms with Gasteiger partial charge in [0.05, 0.1) is 12.7 Å². The predicted octanol–water partition coefficient (Wildman–Crippen LogP) is 3.16. The molecule has 0 aromatic heterocycles. The highest BCUT2D eigenvalue weighted by molar-refractivity contribution is 5.30. The van der Waals surface area contributed by atoms with E-state index in [-0.39, 0.29) is 5.41 Å². The van der Waals surface area contributed by atoms with Gasteiger partial charge in [0.15, 0.2) is 0 Å². The predicted molar refractivity (Wildman–Crippen MR) is 62.0 cm³/mol. The minimum atomic E-state index is -0.460. The molecule has 0 aliphatic rings. The maximum atomic E-state index is 10.1. The third-order valence-electron chi connectivity index (χ3n) is 2.31. The van der Waals surface area contributed by atoms with Gasteiger partial charge in [0.25, 0.3) is 0 Å². The van der Waals surface area contributed by atoms with Gasteiger partial charge in [-0.05, 0) is 30.0 Å². The zero-order valence-corrected chi connectivity index (χ0v) is 9.95. The van der Waals surface area contributed by atoms with Crippen molar-refractivity contribution >= 4 is 0 Å². The monoisotopic (exact) mass is 208 g/mol. The maximum absolute atomic E-state index is 10.1. The Morgan fingerprint density at radius 2 is 2.00 bits per heavy atom. The first-order valence-corrected chi connectivity index (χ1v) is 5.36. The summed E-state index contributed by atoms with van der Waals surface area (Å²) in [5, 5.41) is 10.1. The SMILES string of the molecule is CCOc1cccc(C(O)C(C)(C)C)c1. The van der Waals surface area contributed by atoms with Crippen molar-refractivity contribution in [2.24, 2.45) is 5.41 Å². The fraction of sp³-hybridized carbons (Fsp3) is 0.538. The van der Waals surface area contributed by atoms with E-state index >= 15 is 0 Å². The van der Waals surface area contributed by atoms with Gasteiger partial charge in [-0.3, -0.25) is 0 Å². The van der Waals surface area contributed by atoms with Gasteiger partial charge in [-0.1, -0.05) is 32.9 Å². The first-order chi connectivity index (χ1) is 6.95. The molecule has 0 aliphatic heterocycles. The van der Waals surface area contributed by atoms with E-state index in [2.05, 4.69) is 0 Å². The summed E-state index contributed by atoms with van der Waals surface area (Å²) in [7, 11) is 0. The molecule has 0 aliphatic carbocycles. The van der Waals surface area contributed by atoms with Gasteiger partial charge in [0.2, 0.25) is 0 Å².